The molecule has 0 bridgehead atoms. The Kier molecular flexibility index (Phi) is 4.76. The molecule has 1 aromatic heterocycles. The van der Waals surface area contributed by atoms with Crippen LogP contribution in [0.1, 0.15) is 33.0 Å². The van der Waals surface area contributed by atoms with E-state index in [0.29, 0.717) is 12.3 Å². The summed E-state index contributed by atoms with van der Waals surface area (Å²) in [5.41, 5.74) is 4.91. The lowest BCUT2D eigenvalue weighted by atomic mass is 10.1. The highest BCUT2D eigenvalue weighted by molar-refractivity contribution is 7.99. The van der Waals surface area contributed by atoms with Gasteiger partial charge in [-0.15, -0.1) is 10.2 Å². The molecule has 0 saturated heterocycles. The second-order valence-corrected chi connectivity index (χ2v) is 4.93. The molecule has 0 aliphatic heterocycles. The summed E-state index contributed by atoms with van der Waals surface area (Å²) in [7, 11) is 0. The van der Waals surface area contributed by atoms with E-state index in [9.17, 15) is 5.11 Å². The minimum atomic E-state index is -0.655. The molecular weight excluding hydrogens is 224 g/mol. The van der Waals surface area contributed by atoms with Crippen molar-refractivity contribution >= 4 is 11.8 Å². The highest BCUT2D eigenvalue weighted by Crippen LogP contribution is 2.23. The summed E-state index contributed by atoms with van der Waals surface area (Å²) in [6.07, 6.45) is 0.726. The third-order valence-corrected chi connectivity index (χ3v) is 3.89. The first-order valence-electron chi connectivity index (χ1n) is 5.51. The van der Waals surface area contributed by atoms with E-state index in [2.05, 4.69) is 10.2 Å². The molecule has 0 spiro atoms. The van der Waals surface area contributed by atoms with Crippen LogP contribution in [0.5, 0.6) is 0 Å². The zero-order chi connectivity index (χ0) is 12.2. The van der Waals surface area contributed by atoms with Gasteiger partial charge in [0.15, 0.2) is 5.16 Å². The summed E-state index contributed by atoms with van der Waals surface area (Å²) in [5.74, 6) is 1.41. The van der Waals surface area contributed by atoms with E-state index in [4.69, 9.17) is 5.73 Å². The largest absolute Gasteiger partial charge is 0.389 e. The van der Waals surface area contributed by atoms with E-state index in [0.717, 1.165) is 23.9 Å². The van der Waals surface area contributed by atoms with Gasteiger partial charge in [0.1, 0.15) is 5.82 Å². The van der Waals surface area contributed by atoms with Crippen molar-refractivity contribution < 1.29 is 5.11 Å². The number of aliphatic hydroxyl groups is 1. The molecule has 16 heavy (non-hydrogen) atoms. The van der Waals surface area contributed by atoms with Gasteiger partial charge in [-0.2, -0.15) is 0 Å². The lowest BCUT2D eigenvalue weighted by Crippen LogP contribution is -2.26. The van der Waals surface area contributed by atoms with Crippen molar-refractivity contribution in [1.29, 1.82) is 0 Å². The van der Waals surface area contributed by atoms with Crippen molar-refractivity contribution in [2.24, 2.45) is 5.73 Å². The minimum absolute atomic E-state index is 0.394. The second-order valence-electron chi connectivity index (χ2n) is 3.99. The molecule has 1 aromatic rings. The Hall–Kier alpha value is -0.590. The number of aromatic nitrogens is 3. The average Bonchev–Trinajstić information content (AvgIpc) is 2.68. The first kappa shape index (κ1) is 13.5. The Labute approximate surface area is 100 Å². The maximum Gasteiger partial charge on any atom is 0.191 e. The summed E-state index contributed by atoms with van der Waals surface area (Å²) < 4.78 is 1.98. The fraction of sp³-hybridized carbons (Fsp3) is 0.800. The average molecular weight is 244 g/mol. The Bertz CT molecular complexity index is 338. The number of hydrogen-bond acceptors (Lipinski definition) is 5. The van der Waals surface area contributed by atoms with Crippen molar-refractivity contribution in [2.75, 3.05) is 5.75 Å². The summed E-state index contributed by atoms with van der Waals surface area (Å²) in [5, 5.41) is 18.8. The molecule has 92 valence electrons. The summed E-state index contributed by atoms with van der Waals surface area (Å²) in [4.78, 5) is 0. The quantitative estimate of drug-likeness (QED) is 0.730. The molecule has 0 aliphatic rings. The van der Waals surface area contributed by atoms with Crippen LogP contribution in [0.2, 0.25) is 0 Å². The smallest absolute Gasteiger partial charge is 0.191 e. The van der Waals surface area contributed by atoms with Gasteiger partial charge in [0.25, 0.3) is 0 Å². The van der Waals surface area contributed by atoms with Gasteiger partial charge in [0.2, 0.25) is 0 Å². The SMILES string of the molecule is CCn1c(CN)nnc1SCC(C)(O)CC. The molecule has 0 amide bonds. The van der Waals surface area contributed by atoms with Gasteiger partial charge in [0, 0.05) is 12.3 Å². The van der Waals surface area contributed by atoms with Crippen LogP contribution in [0.15, 0.2) is 5.16 Å². The lowest BCUT2D eigenvalue weighted by molar-refractivity contribution is 0.0815. The van der Waals surface area contributed by atoms with Crippen LogP contribution in [-0.2, 0) is 13.1 Å². The van der Waals surface area contributed by atoms with Gasteiger partial charge >= 0.3 is 0 Å². The van der Waals surface area contributed by atoms with Crippen molar-refractivity contribution in [3.05, 3.63) is 5.82 Å². The van der Waals surface area contributed by atoms with Gasteiger partial charge in [-0.05, 0) is 20.3 Å². The third-order valence-electron chi connectivity index (χ3n) is 2.57. The van der Waals surface area contributed by atoms with Crippen LogP contribution in [0.25, 0.3) is 0 Å². The van der Waals surface area contributed by atoms with E-state index in [1.165, 1.54) is 11.8 Å². The third kappa shape index (κ3) is 3.20. The van der Waals surface area contributed by atoms with Crippen LogP contribution in [0.3, 0.4) is 0 Å². The standard InChI is InChI=1S/C10H20N4OS/c1-4-10(3,15)7-16-9-13-12-8(6-11)14(9)5-2/h15H,4-7,11H2,1-3H3. The van der Waals surface area contributed by atoms with E-state index < -0.39 is 5.60 Å². The topological polar surface area (TPSA) is 77.0 Å². The maximum atomic E-state index is 9.91. The Morgan fingerprint density at radius 3 is 2.62 bits per heavy atom. The number of thioether (sulfide) groups is 1. The van der Waals surface area contributed by atoms with Crippen LogP contribution in [0.4, 0.5) is 0 Å². The highest BCUT2D eigenvalue weighted by Gasteiger charge is 2.20. The molecule has 1 unspecified atom stereocenters. The van der Waals surface area contributed by atoms with Crippen LogP contribution in [-0.4, -0.2) is 31.2 Å². The molecule has 1 heterocycles. The van der Waals surface area contributed by atoms with Crippen LogP contribution < -0.4 is 5.73 Å². The van der Waals surface area contributed by atoms with E-state index >= 15 is 0 Å². The molecule has 5 nitrogen and oxygen atoms in total. The first-order chi connectivity index (χ1) is 7.54. The molecule has 0 aliphatic carbocycles. The molecule has 6 heteroatoms. The van der Waals surface area contributed by atoms with Gasteiger partial charge in [0.05, 0.1) is 12.1 Å². The van der Waals surface area contributed by atoms with Gasteiger partial charge in [-0.25, -0.2) is 0 Å². The van der Waals surface area contributed by atoms with Gasteiger partial charge in [-0.3, -0.25) is 0 Å². The van der Waals surface area contributed by atoms with Crippen molar-refractivity contribution in [3.63, 3.8) is 0 Å². The van der Waals surface area contributed by atoms with E-state index in [1.54, 1.807) is 0 Å². The summed E-state index contributed by atoms with van der Waals surface area (Å²) in [6, 6.07) is 0. The lowest BCUT2D eigenvalue weighted by Gasteiger charge is -2.20. The second kappa shape index (κ2) is 5.65. The van der Waals surface area contributed by atoms with Crippen LogP contribution >= 0.6 is 11.8 Å². The molecule has 1 atom stereocenters. The van der Waals surface area contributed by atoms with Crippen molar-refractivity contribution in [1.82, 2.24) is 14.8 Å². The number of hydrogen-bond donors (Lipinski definition) is 2. The molecule has 0 radical (unpaired) electrons. The zero-order valence-corrected chi connectivity index (χ0v) is 10.9. The fourth-order valence-corrected chi connectivity index (χ4v) is 2.35. The molecule has 0 fully saturated rings. The number of rotatable bonds is 6. The summed E-state index contributed by atoms with van der Waals surface area (Å²) in [6.45, 7) is 7.03. The number of nitrogens with two attached hydrogens (primary N) is 1. The van der Waals surface area contributed by atoms with Gasteiger partial charge < -0.3 is 15.4 Å². The molecule has 0 aromatic carbocycles. The van der Waals surface area contributed by atoms with E-state index in [-0.39, 0.29) is 0 Å². The Morgan fingerprint density at radius 2 is 2.12 bits per heavy atom. The fourth-order valence-electron chi connectivity index (χ4n) is 1.22. The Balaban J connectivity index is 2.70. The van der Waals surface area contributed by atoms with Gasteiger partial charge in [-0.1, -0.05) is 18.7 Å². The first-order valence-corrected chi connectivity index (χ1v) is 6.50. The highest BCUT2D eigenvalue weighted by atomic mass is 32.2. The maximum absolute atomic E-state index is 9.91. The molecule has 0 saturated carbocycles. The molecular formula is C10H20N4OS. The van der Waals surface area contributed by atoms with E-state index in [1.807, 2.05) is 25.3 Å². The van der Waals surface area contributed by atoms with Crippen molar-refractivity contribution in [3.8, 4) is 0 Å². The predicted molar refractivity (Wildman–Crippen MR) is 65.2 cm³/mol. The number of nitrogens with zero attached hydrogens (tertiary/aromatic N) is 3. The molecule has 1 rings (SSSR count). The van der Waals surface area contributed by atoms with Crippen molar-refractivity contribution in [2.45, 2.75) is 51.0 Å². The predicted octanol–water partition coefficient (Wildman–Crippen LogP) is 1.01. The normalized spacial score (nSPS) is 15.1. The Morgan fingerprint density at radius 1 is 1.44 bits per heavy atom. The summed E-state index contributed by atoms with van der Waals surface area (Å²) >= 11 is 1.52. The molecule has 3 N–H and O–H groups in total. The zero-order valence-electron chi connectivity index (χ0n) is 10.1. The monoisotopic (exact) mass is 244 g/mol. The van der Waals surface area contributed by atoms with Crippen LogP contribution in [0, 0.1) is 0 Å². The minimum Gasteiger partial charge on any atom is -0.389 e.